The fourth-order valence-electron chi connectivity index (χ4n) is 3.44. The van der Waals surface area contributed by atoms with Crippen molar-refractivity contribution < 1.29 is 12.9 Å². The molecule has 144 valence electrons. The lowest BCUT2D eigenvalue weighted by Crippen LogP contribution is -2.45. The van der Waals surface area contributed by atoms with Crippen LogP contribution in [-0.4, -0.2) is 44.8 Å². The van der Waals surface area contributed by atoms with Gasteiger partial charge in [0.2, 0.25) is 10.0 Å². The number of nitrogens with one attached hydrogen (secondary N) is 1. The minimum atomic E-state index is -3.33. The molecule has 1 aromatic rings. The van der Waals surface area contributed by atoms with Crippen LogP contribution < -0.4 is 4.72 Å². The summed E-state index contributed by atoms with van der Waals surface area (Å²) in [5, 5.41) is 0. The number of quaternary nitrogens is 1. The Labute approximate surface area is 155 Å². The Morgan fingerprint density at radius 2 is 1.56 bits per heavy atom. The van der Waals surface area contributed by atoms with Crippen LogP contribution in [0.15, 0.2) is 30.3 Å². The van der Waals surface area contributed by atoms with E-state index >= 15 is 0 Å². The molecule has 0 unspecified atom stereocenters. The summed E-state index contributed by atoms with van der Waals surface area (Å²) < 4.78 is 28.2. The second kappa shape index (κ2) is 8.19. The SMILES string of the molecule is CC(C)(C)CC(C)(C)S(=O)(=O)NCCC[N+](C)(C)Cc1ccccc1. The Bertz CT molecular complexity index is 629. The summed E-state index contributed by atoms with van der Waals surface area (Å²) in [6.45, 7) is 12.2. The predicted octanol–water partition coefficient (Wildman–Crippen LogP) is 3.79. The smallest absolute Gasteiger partial charge is 0.216 e. The van der Waals surface area contributed by atoms with Crippen molar-refractivity contribution >= 4 is 10.0 Å². The molecule has 0 aliphatic heterocycles. The van der Waals surface area contributed by atoms with Gasteiger partial charge < -0.3 is 4.48 Å². The van der Waals surface area contributed by atoms with E-state index in [1.54, 1.807) is 0 Å². The maximum atomic E-state index is 12.6. The molecule has 0 radical (unpaired) electrons. The van der Waals surface area contributed by atoms with E-state index in [4.69, 9.17) is 0 Å². The Morgan fingerprint density at radius 1 is 1.00 bits per heavy atom. The highest BCUT2D eigenvalue weighted by Gasteiger charge is 2.37. The molecule has 5 heteroatoms. The van der Waals surface area contributed by atoms with Crippen LogP contribution in [0.5, 0.6) is 0 Å². The van der Waals surface area contributed by atoms with E-state index in [1.807, 2.05) is 19.9 Å². The fourth-order valence-corrected chi connectivity index (χ4v) is 4.86. The number of benzene rings is 1. The van der Waals surface area contributed by atoms with Crippen LogP contribution in [-0.2, 0) is 16.6 Å². The third-order valence-electron chi connectivity index (χ3n) is 4.37. The molecular weight excluding hydrogens is 332 g/mol. The second-order valence-electron chi connectivity index (χ2n) is 9.55. The van der Waals surface area contributed by atoms with Gasteiger partial charge in [-0.1, -0.05) is 51.1 Å². The molecule has 0 atom stereocenters. The number of hydrogen-bond donors (Lipinski definition) is 1. The summed E-state index contributed by atoms with van der Waals surface area (Å²) in [4.78, 5) is 0. The van der Waals surface area contributed by atoms with Crippen LogP contribution in [0.2, 0.25) is 0 Å². The number of hydrogen-bond acceptors (Lipinski definition) is 2. The average Bonchev–Trinajstić information content (AvgIpc) is 2.41. The lowest BCUT2D eigenvalue weighted by atomic mass is 9.86. The first kappa shape index (κ1) is 22.1. The maximum Gasteiger partial charge on any atom is 0.216 e. The van der Waals surface area contributed by atoms with Crippen LogP contribution in [0.1, 0.15) is 53.0 Å². The molecule has 0 heterocycles. The average molecular weight is 370 g/mol. The molecule has 0 bridgehead atoms. The van der Waals surface area contributed by atoms with E-state index in [-0.39, 0.29) is 5.41 Å². The summed E-state index contributed by atoms with van der Waals surface area (Å²) in [7, 11) is 1.04. The van der Waals surface area contributed by atoms with Gasteiger partial charge in [-0.3, -0.25) is 0 Å². The standard InChI is InChI=1S/C20H37N2O2S/c1-19(2,3)17-20(4,5)25(23,24)21-14-11-15-22(6,7)16-18-12-9-8-10-13-18/h8-10,12-13,21H,11,14-17H2,1-7H3/q+1. The summed E-state index contributed by atoms with van der Waals surface area (Å²) in [6, 6.07) is 10.4. The molecule has 0 saturated heterocycles. The van der Waals surface area contributed by atoms with Crippen molar-refractivity contribution in [1.29, 1.82) is 0 Å². The lowest BCUT2D eigenvalue weighted by molar-refractivity contribution is -0.903. The molecular formula is C20H37N2O2S+. The summed E-state index contributed by atoms with van der Waals surface area (Å²) >= 11 is 0. The third-order valence-corrected chi connectivity index (χ3v) is 6.55. The minimum absolute atomic E-state index is 0.0210. The molecule has 4 nitrogen and oxygen atoms in total. The van der Waals surface area contributed by atoms with Crippen molar-refractivity contribution in [2.24, 2.45) is 5.41 Å². The van der Waals surface area contributed by atoms with Crippen molar-refractivity contribution in [3.8, 4) is 0 Å². The summed E-state index contributed by atoms with van der Waals surface area (Å²) in [6.07, 6.45) is 1.45. The van der Waals surface area contributed by atoms with E-state index in [9.17, 15) is 8.42 Å². The van der Waals surface area contributed by atoms with E-state index < -0.39 is 14.8 Å². The molecule has 0 aliphatic rings. The van der Waals surface area contributed by atoms with Crippen LogP contribution >= 0.6 is 0 Å². The Morgan fingerprint density at radius 3 is 2.08 bits per heavy atom. The third kappa shape index (κ3) is 7.89. The maximum absolute atomic E-state index is 12.6. The highest BCUT2D eigenvalue weighted by Crippen LogP contribution is 2.31. The van der Waals surface area contributed by atoms with Crippen molar-refractivity contribution in [1.82, 2.24) is 4.72 Å². The second-order valence-corrected chi connectivity index (χ2v) is 12.0. The molecule has 0 amide bonds. The fraction of sp³-hybridized carbons (Fsp3) is 0.700. The molecule has 0 aromatic heterocycles. The molecule has 1 rings (SSSR count). The van der Waals surface area contributed by atoms with Crippen LogP contribution in [0.25, 0.3) is 0 Å². The van der Waals surface area contributed by atoms with Gasteiger partial charge in [-0.05, 0) is 25.7 Å². The Hall–Kier alpha value is -0.910. The first-order chi connectivity index (χ1) is 11.2. The van der Waals surface area contributed by atoms with Crippen molar-refractivity contribution in [3.05, 3.63) is 35.9 Å². The van der Waals surface area contributed by atoms with Crippen molar-refractivity contribution in [2.75, 3.05) is 27.2 Å². The van der Waals surface area contributed by atoms with Gasteiger partial charge >= 0.3 is 0 Å². The highest BCUT2D eigenvalue weighted by atomic mass is 32.2. The van der Waals surface area contributed by atoms with Gasteiger partial charge in [0, 0.05) is 18.5 Å². The quantitative estimate of drug-likeness (QED) is 0.532. The molecule has 0 spiro atoms. The molecule has 0 fully saturated rings. The van der Waals surface area contributed by atoms with Gasteiger partial charge in [0.25, 0.3) is 0 Å². The molecule has 1 aromatic carbocycles. The normalized spacial score (nSPS) is 13.9. The topological polar surface area (TPSA) is 46.2 Å². The van der Waals surface area contributed by atoms with Gasteiger partial charge in [-0.15, -0.1) is 0 Å². The van der Waals surface area contributed by atoms with Gasteiger partial charge in [0.15, 0.2) is 0 Å². The molecule has 0 saturated carbocycles. The minimum Gasteiger partial charge on any atom is -0.325 e. The predicted molar refractivity (Wildman–Crippen MR) is 107 cm³/mol. The van der Waals surface area contributed by atoms with Gasteiger partial charge in [0.05, 0.1) is 25.4 Å². The van der Waals surface area contributed by atoms with Gasteiger partial charge in [-0.25, -0.2) is 13.1 Å². The number of sulfonamides is 1. The first-order valence-electron chi connectivity index (χ1n) is 9.09. The van der Waals surface area contributed by atoms with Crippen LogP contribution in [0.3, 0.4) is 0 Å². The largest absolute Gasteiger partial charge is 0.325 e. The highest BCUT2D eigenvalue weighted by molar-refractivity contribution is 7.90. The monoisotopic (exact) mass is 369 g/mol. The van der Waals surface area contributed by atoms with Crippen LogP contribution in [0.4, 0.5) is 0 Å². The Balaban J connectivity index is 2.50. The zero-order valence-electron chi connectivity index (χ0n) is 17.1. The van der Waals surface area contributed by atoms with Crippen molar-refractivity contribution in [3.63, 3.8) is 0 Å². The van der Waals surface area contributed by atoms with Crippen LogP contribution in [0, 0.1) is 5.41 Å². The summed E-state index contributed by atoms with van der Waals surface area (Å²) in [5.41, 5.74) is 1.28. The Kier molecular flexibility index (Phi) is 7.25. The summed E-state index contributed by atoms with van der Waals surface area (Å²) in [5.74, 6) is 0. The van der Waals surface area contributed by atoms with E-state index in [0.717, 1.165) is 24.0 Å². The van der Waals surface area contributed by atoms with Crippen molar-refractivity contribution in [2.45, 2.75) is 58.8 Å². The number of nitrogens with zero attached hydrogens (tertiary/aromatic N) is 1. The number of rotatable bonds is 9. The zero-order chi connectivity index (χ0) is 19.4. The molecule has 1 N–H and O–H groups in total. The van der Waals surface area contributed by atoms with E-state index in [1.165, 1.54) is 5.56 Å². The lowest BCUT2D eigenvalue weighted by Gasteiger charge is -2.32. The molecule has 0 aliphatic carbocycles. The first-order valence-corrected chi connectivity index (χ1v) is 10.6. The molecule has 25 heavy (non-hydrogen) atoms. The van der Waals surface area contributed by atoms with Gasteiger partial charge in [0.1, 0.15) is 6.54 Å². The van der Waals surface area contributed by atoms with E-state index in [0.29, 0.717) is 13.0 Å². The van der Waals surface area contributed by atoms with Gasteiger partial charge in [-0.2, -0.15) is 0 Å². The van der Waals surface area contributed by atoms with E-state index in [2.05, 4.69) is 63.9 Å². The zero-order valence-corrected chi connectivity index (χ0v) is 17.9.